The topological polar surface area (TPSA) is 0 Å². The first-order chi connectivity index (χ1) is 12.6. The van der Waals surface area contributed by atoms with E-state index in [1.54, 1.807) is 6.08 Å². The van der Waals surface area contributed by atoms with Gasteiger partial charge in [-0.1, -0.05) is 75.8 Å². The lowest BCUT2D eigenvalue weighted by Crippen LogP contribution is -2.19. The Balaban J connectivity index is 5.21. The average molecular weight is 433 g/mol. The molecule has 0 rings (SSSR count). The minimum absolute atomic E-state index is 1.00. The lowest BCUT2D eigenvalue weighted by Gasteiger charge is -2.15. The minimum atomic E-state index is -1.02. The summed E-state index contributed by atoms with van der Waals surface area (Å²) in [5.41, 5.74) is 0. The highest BCUT2D eigenvalue weighted by Crippen LogP contribution is 2.23. The monoisotopic (exact) mass is 432 g/mol. The molecule has 0 unspecified atom stereocenters. The fourth-order valence-electron chi connectivity index (χ4n) is 1.69. The third-order valence-electron chi connectivity index (χ3n) is 3.36. The summed E-state index contributed by atoms with van der Waals surface area (Å²) in [7, 11) is -2.03. The predicted octanol–water partition coefficient (Wildman–Crippen LogP) is 7.67. The maximum absolute atomic E-state index is 3.69. The van der Waals surface area contributed by atoms with Crippen molar-refractivity contribution in [3.8, 4) is 23.7 Å². The molecular weight excluding hydrogens is 397 g/mol. The van der Waals surface area contributed by atoms with Crippen molar-refractivity contribution >= 4 is 39.7 Å². The van der Waals surface area contributed by atoms with Crippen LogP contribution in [0.2, 0.25) is 51.4 Å². The van der Waals surface area contributed by atoms with Crippen molar-refractivity contribution in [2.24, 2.45) is 0 Å². The number of allylic oxidation sites excluding steroid dienone is 7. The van der Waals surface area contributed by atoms with Gasteiger partial charge < -0.3 is 0 Å². The molecule has 148 valence electrons. The first-order valence-corrected chi connectivity index (χ1v) is 18.9. The van der Waals surface area contributed by atoms with E-state index >= 15 is 0 Å². The van der Waals surface area contributed by atoms with Gasteiger partial charge in [0.2, 0.25) is 0 Å². The Kier molecular flexibility index (Phi) is 13.8. The van der Waals surface area contributed by atoms with Crippen LogP contribution in [-0.4, -0.2) is 27.7 Å². The molecule has 0 spiro atoms. The summed E-state index contributed by atoms with van der Waals surface area (Å²) in [6.45, 7) is 20.1. The maximum atomic E-state index is 3.69. The molecule has 0 aliphatic carbocycles. The molecule has 4 heteroatoms. The van der Waals surface area contributed by atoms with Gasteiger partial charge in [0.1, 0.15) is 0 Å². The van der Waals surface area contributed by atoms with Crippen molar-refractivity contribution in [2.45, 2.75) is 58.3 Å². The molecule has 0 aliphatic rings. The summed E-state index contributed by atoms with van der Waals surface area (Å²) >= 11 is 3.74. The van der Waals surface area contributed by atoms with Crippen LogP contribution in [0, 0.1) is 23.7 Å². The molecule has 0 aromatic heterocycles. The highest BCUT2D eigenvalue weighted by molar-refractivity contribution is 8.03. The Labute approximate surface area is 179 Å². The Hall–Kier alpha value is -0.786. The van der Waals surface area contributed by atoms with Crippen molar-refractivity contribution < 1.29 is 0 Å². The molecule has 0 saturated carbocycles. The van der Waals surface area contributed by atoms with Crippen LogP contribution in [0.5, 0.6) is 0 Å². The molecule has 0 aromatic rings. The molecule has 0 radical (unpaired) electrons. The van der Waals surface area contributed by atoms with E-state index in [9.17, 15) is 0 Å². The summed E-state index contributed by atoms with van der Waals surface area (Å²) in [4.78, 5) is 2.26. The van der Waals surface area contributed by atoms with Gasteiger partial charge in [0, 0.05) is 16.1 Å². The zero-order chi connectivity index (χ0) is 20.8. The second-order valence-electron chi connectivity index (χ2n) is 8.62. The van der Waals surface area contributed by atoms with E-state index in [-0.39, 0.29) is 0 Å². The summed E-state index contributed by atoms with van der Waals surface area (Å²) in [5, 5.41) is 0. The van der Waals surface area contributed by atoms with E-state index in [1.807, 2.05) is 42.6 Å². The molecule has 0 nitrogen and oxygen atoms in total. The Morgan fingerprint density at radius 3 is 1.74 bits per heavy atom. The highest BCUT2D eigenvalue weighted by Gasteiger charge is 2.13. The van der Waals surface area contributed by atoms with Gasteiger partial charge >= 0.3 is 0 Å². The number of rotatable bonds is 10. The average Bonchev–Trinajstić information content (AvgIpc) is 2.53. The zero-order valence-electron chi connectivity index (χ0n) is 18.2. The van der Waals surface area contributed by atoms with Gasteiger partial charge in [-0.25, -0.2) is 0 Å². The normalized spacial score (nSPS) is 13.0. The molecule has 0 heterocycles. The molecule has 0 amide bonds. The van der Waals surface area contributed by atoms with Gasteiger partial charge in [-0.3, -0.25) is 0 Å². The third kappa shape index (κ3) is 18.3. The molecule has 0 atom stereocenters. The molecule has 0 saturated heterocycles. The second-order valence-corrected chi connectivity index (χ2v) is 22.1. The molecular formula is C23H36S2Si2. The summed E-state index contributed by atoms with van der Waals surface area (Å²) in [6, 6.07) is 2.61. The lowest BCUT2D eigenvalue weighted by molar-refractivity contribution is 1.38. The minimum Gasteiger partial charge on any atom is -0.117 e. The van der Waals surface area contributed by atoms with E-state index in [4.69, 9.17) is 0 Å². The third-order valence-corrected chi connectivity index (χ3v) is 9.50. The largest absolute Gasteiger partial charge is 0.117 e. The first-order valence-electron chi connectivity index (χ1n) is 9.47. The fraction of sp³-hybridized carbons (Fsp3) is 0.478. The Morgan fingerprint density at radius 2 is 1.33 bits per heavy atom. The lowest BCUT2D eigenvalue weighted by atomic mass is 10.4. The van der Waals surface area contributed by atoms with Gasteiger partial charge in [-0.05, 0) is 48.7 Å². The Morgan fingerprint density at radius 1 is 0.852 bits per heavy atom. The second kappa shape index (κ2) is 14.2. The van der Waals surface area contributed by atoms with Crippen molar-refractivity contribution in [2.75, 3.05) is 11.5 Å². The number of hydrogen-bond donors (Lipinski definition) is 0. The number of hydrogen-bond acceptors (Lipinski definition) is 2. The molecule has 0 aliphatic heterocycles. The van der Waals surface area contributed by atoms with E-state index in [2.05, 4.69) is 81.7 Å². The Bertz CT molecular complexity index is 664. The zero-order valence-corrected chi connectivity index (χ0v) is 21.9. The van der Waals surface area contributed by atoms with Gasteiger partial charge in [0.15, 0.2) is 0 Å². The first kappa shape index (κ1) is 26.2. The highest BCUT2D eigenvalue weighted by atomic mass is 32.2. The van der Waals surface area contributed by atoms with Gasteiger partial charge in [0.05, 0.1) is 9.81 Å². The van der Waals surface area contributed by atoms with Crippen LogP contribution in [0.25, 0.3) is 0 Å². The number of thioether (sulfide) groups is 2. The van der Waals surface area contributed by atoms with E-state index in [1.165, 1.54) is 12.1 Å². The molecule has 0 fully saturated rings. The van der Waals surface area contributed by atoms with Gasteiger partial charge in [0.25, 0.3) is 0 Å². The SMILES string of the molecule is C=C/C=C/C#C/C(=C/C=C(\C#CC)SCC[Si](C)(C)C)SCC[Si](C)(C)C. The van der Waals surface area contributed by atoms with Crippen molar-refractivity contribution in [3.05, 3.63) is 46.8 Å². The molecule has 0 bridgehead atoms. The van der Waals surface area contributed by atoms with E-state index in [0.29, 0.717) is 0 Å². The molecule has 0 aromatic carbocycles. The fourth-order valence-corrected chi connectivity index (χ4v) is 8.48. The molecule has 0 N–H and O–H groups in total. The van der Waals surface area contributed by atoms with Crippen LogP contribution in [0.15, 0.2) is 46.8 Å². The van der Waals surface area contributed by atoms with Crippen molar-refractivity contribution in [1.29, 1.82) is 0 Å². The summed E-state index contributed by atoms with van der Waals surface area (Å²) in [5.74, 6) is 15.0. The van der Waals surface area contributed by atoms with Crippen LogP contribution in [-0.2, 0) is 0 Å². The van der Waals surface area contributed by atoms with Crippen molar-refractivity contribution in [1.82, 2.24) is 0 Å². The van der Waals surface area contributed by atoms with E-state index in [0.717, 1.165) is 21.3 Å². The quantitative estimate of drug-likeness (QED) is 0.197. The van der Waals surface area contributed by atoms with Gasteiger partial charge in [-0.2, -0.15) is 0 Å². The van der Waals surface area contributed by atoms with Crippen LogP contribution in [0.3, 0.4) is 0 Å². The maximum Gasteiger partial charge on any atom is 0.0577 e. The predicted molar refractivity (Wildman–Crippen MR) is 138 cm³/mol. The van der Waals surface area contributed by atoms with Crippen LogP contribution in [0.4, 0.5) is 0 Å². The van der Waals surface area contributed by atoms with Crippen LogP contribution >= 0.6 is 23.5 Å². The summed E-state index contributed by atoms with van der Waals surface area (Å²) < 4.78 is 0. The molecule has 27 heavy (non-hydrogen) atoms. The van der Waals surface area contributed by atoms with Crippen LogP contribution in [0.1, 0.15) is 6.92 Å². The smallest absolute Gasteiger partial charge is 0.0577 e. The van der Waals surface area contributed by atoms with Gasteiger partial charge in [-0.15, -0.1) is 29.4 Å². The standard InChI is InChI=1S/C23H36S2Si2/c1-9-11-12-13-15-23(25-19-21-27(6,7)8)17-16-22(14-10-2)24-18-20-26(3,4)5/h9,11-12,16-17H,1,18-21H2,2-8H3/b12-11+,22-16+,23-17-. The van der Waals surface area contributed by atoms with Crippen LogP contribution < -0.4 is 0 Å². The van der Waals surface area contributed by atoms with E-state index < -0.39 is 16.1 Å². The summed E-state index contributed by atoms with van der Waals surface area (Å²) in [6.07, 6.45) is 9.76. The van der Waals surface area contributed by atoms with Crippen molar-refractivity contribution in [3.63, 3.8) is 0 Å².